The maximum absolute atomic E-state index is 12.4. The van der Waals surface area contributed by atoms with Crippen LogP contribution < -0.4 is 11.4 Å². The molecular formula is C8H13FN3O2P. The largest absolute Gasteiger partial charge is 0.383 e. The molecule has 0 aliphatic heterocycles. The molecule has 2 N–H and O–H groups in total. The molecule has 84 valence electrons. The van der Waals surface area contributed by atoms with Crippen LogP contribution in [0.2, 0.25) is 0 Å². The predicted molar refractivity (Wildman–Crippen MR) is 58.3 cm³/mol. The molecule has 0 radical (unpaired) electrons. The fourth-order valence-electron chi connectivity index (χ4n) is 1.08. The first-order valence-electron chi connectivity index (χ1n) is 4.38. The van der Waals surface area contributed by atoms with E-state index in [1.54, 1.807) is 0 Å². The molecule has 0 aliphatic carbocycles. The van der Waals surface area contributed by atoms with Gasteiger partial charge >= 0.3 is 5.69 Å². The van der Waals surface area contributed by atoms with E-state index in [1.807, 2.05) is 0 Å². The number of alkyl halides is 1. The summed E-state index contributed by atoms with van der Waals surface area (Å²) in [5.74, 6) is 0.153. The number of anilines is 1. The number of rotatable bonds is 5. The molecule has 0 aromatic carbocycles. The highest BCUT2D eigenvalue weighted by Gasteiger charge is 2.10. The highest BCUT2D eigenvalue weighted by atomic mass is 31.0. The van der Waals surface area contributed by atoms with Crippen LogP contribution in [0.25, 0.3) is 0 Å². The third-order valence-electron chi connectivity index (χ3n) is 1.80. The van der Waals surface area contributed by atoms with Crippen molar-refractivity contribution in [3.05, 3.63) is 22.7 Å². The second kappa shape index (κ2) is 5.78. The number of nitrogens with two attached hydrogens (primary N) is 1. The Morgan fingerprint density at radius 1 is 1.73 bits per heavy atom. The minimum absolute atomic E-state index is 0.136. The third-order valence-corrected chi connectivity index (χ3v) is 1.99. The SMILES string of the molecule is Nc1ccn(CC(CF)OCP)c(=O)n1. The van der Waals surface area contributed by atoms with Crippen LogP contribution in [0.5, 0.6) is 0 Å². The van der Waals surface area contributed by atoms with E-state index in [0.29, 0.717) is 6.35 Å². The number of hydrogen-bond donors (Lipinski definition) is 1. The third kappa shape index (κ3) is 3.57. The van der Waals surface area contributed by atoms with Crippen molar-refractivity contribution >= 4 is 15.1 Å². The normalized spacial score (nSPS) is 12.7. The summed E-state index contributed by atoms with van der Waals surface area (Å²) in [6, 6.07) is 1.48. The summed E-state index contributed by atoms with van der Waals surface area (Å²) in [6.07, 6.45) is 1.16. The van der Waals surface area contributed by atoms with E-state index >= 15 is 0 Å². The molecule has 0 spiro atoms. The van der Waals surface area contributed by atoms with E-state index in [-0.39, 0.29) is 12.4 Å². The Morgan fingerprint density at radius 3 is 3.00 bits per heavy atom. The minimum atomic E-state index is -0.648. The summed E-state index contributed by atoms with van der Waals surface area (Å²) in [7, 11) is 2.33. The molecule has 1 heterocycles. The highest BCUT2D eigenvalue weighted by molar-refractivity contribution is 7.16. The molecule has 0 aliphatic rings. The van der Waals surface area contributed by atoms with Gasteiger partial charge < -0.3 is 10.5 Å². The van der Waals surface area contributed by atoms with Crippen molar-refractivity contribution in [2.24, 2.45) is 0 Å². The Hall–Kier alpha value is -1.00. The number of ether oxygens (including phenoxy) is 1. The molecule has 2 unspecified atom stereocenters. The zero-order valence-corrected chi connectivity index (χ0v) is 9.25. The van der Waals surface area contributed by atoms with Gasteiger partial charge in [-0.15, -0.1) is 9.24 Å². The van der Waals surface area contributed by atoms with Crippen LogP contribution in [0.4, 0.5) is 10.2 Å². The van der Waals surface area contributed by atoms with Crippen LogP contribution in [-0.4, -0.2) is 28.7 Å². The number of nitrogen functional groups attached to an aromatic ring is 1. The number of aromatic nitrogens is 2. The summed E-state index contributed by atoms with van der Waals surface area (Å²) in [4.78, 5) is 14.8. The van der Waals surface area contributed by atoms with Gasteiger partial charge in [-0.05, 0) is 6.07 Å². The van der Waals surface area contributed by atoms with Crippen molar-refractivity contribution in [1.82, 2.24) is 9.55 Å². The van der Waals surface area contributed by atoms with E-state index in [4.69, 9.17) is 10.5 Å². The van der Waals surface area contributed by atoms with Gasteiger partial charge in [-0.2, -0.15) is 4.98 Å². The zero-order chi connectivity index (χ0) is 11.3. The predicted octanol–water partition coefficient (Wildman–Crippen LogP) is 0.0128. The quantitative estimate of drug-likeness (QED) is 0.727. The van der Waals surface area contributed by atoms with Gasteiger partial charge in [0.1, 0.15) is 18.6 Å². The zero-order valence-electron chi connectivity index (χ0n) is 8.10. The molecule has 15 heavy (non-hydrogen) atoms. The molecule has 0 saturated carbocycles. The summed E-state index contributed by atoms with van der Waals surface area (Å²) in [5.41, 5.74) is 4.82. The molecule has 1 rings (SSSR count). The Morgan fingerprint density at radius 2 is 2.47 bits per heavy atom. The average Bonchev–Trinajstić information content (AvgIpc) is 2.21. The lowest BCUT2D eigenvalue weighted by molar-refractivity contribution is 0.0541. The molecule has 0 fully saturated rings. The van der Waals surface area contributed by atoms with Crippen molar-refractivity contribution in [3.63, 3.8) is 0 Å². The van der Waals surface area contributed by atoms with Crippen LogP contribution in [0, 0.1) is 0 Å². The van der Waals surface area contributed by atoms with Crippen LogP contribution in [0.1, 0.15) is 0 Å². The van der Waals surface area contributed by atoms with Crippen molar-refractivity contribution in [1.29, 1.82) is 0 Å². The molecule has 1 aromatic rings. The van der Waals surface area contributed by atoms with Gasteiger partial charge in [0.05, 0.1) is 12.9 Å². The van der Waals surface area contributed by atoms with Crippen LogP contribution >= 0.6 is 9.24 Å². The first-order valence-corrected chi connectivity index (χ1v) is 5.19. The van der Waals surface area contributed by atoms with Gasteiger partial charge in [-0.3, -0.25) is 4.57 Å². The van der Waals surface area contributed by atoms with E-state index in [0.717, 1.165) is 0 Å². The van der Waals surface area contributed by atoms with Crippen molar-refractivity contribution in [2.45, 2.75) is 12.6 Å². The maximum atomic E-state index is 12.4. The molecule has 0 bridgehead atoms. The van der Waals surface area contributed by atoms with Gasteiger partial charge in [0.15, 0.2) is 0 Å². The second-order valence-corrected chi connectivity index (χ2v) is 3.23. The highest BCUT2D eigenvalue weighted by Crippen LogP contribution is 2.00. The van der Waals surface area contributed by atoms with Crippen LogP contribution in [-0.2, 0) is 11.3 Å². The van der Waals surface area contributed by atoms with Crippen molar-refractivity contribution in [2.75, 3.05) is 18.8 Å². The number of nitrogens with zero attached hydrogens (tertiary/aromatic N) is 2. The number of hydrogen-bond acceptors (Lipinski definition) is 4. The molecular weight excluding hydrogens is 220 g/mol. The molecule has 0 saturated heterocycles. The van der Waals surface area contributed by atoms with Crippen LogP contribution in [0.3, 0.4) is 0 Å². The standard InChI is InChI=1S/C8H13FN3O2P/c9-3-6(14-5-15)4-12-2-1-7(10)11-8(12)13/h1-2,6H,3-5,15H2,(H2,10,11,13). The fraction of sp³-hybridized carbons (Fsp3) is 0.500. The smallest absolute Gasteiger partial charge is 0.349 e. The van der Waals surface area contributed by atoms with Crippen molar-refractivity contribution < 1.29 is 9.13 Å². The van der Waals surface area contributed by atoms with Gasteiger partial charge in [-0.25, -0.2) is 9.18 Å². The first-order chi connectivity index (χ1) is 7.17. The molecule has 5 nitrogen and oxygen atoms in total. The lowest BCUT2D eigenvalue weighted by atomic mass is 10.4. The van der Waals surface area contributed by atoms with E-state index in [1.165, 1.54) is 16.8 Å². The maximum Gasteiger partial charge on any atom is 0.349 e. The van der Waals surface area contributed by atoms with E-state index in [2.05, 4.69) is 14.2 Å². The summed E-state index contributed by atoms with van der Waals surface area (Å²) >= 11 is 0. The molecule has 2 atom stereocenters. The number of halogens is 1. The molecule has 1 aromatic heterocycles. The first kappa shape index (κ1) is 12.1. The Bertz CT molecular complexity index is 371. The van der Waals surface area contributed by atoms with Gasteiger partial charge in [-0.1, -0.05) is 0 Å². The lowest BCUT2D eigenvalue weighted by Gasteiger charge is -2.14. The van der Waals surface area contributed by atoms with Crippen LogP contribution in [0.15, 0.2) is 17.1 Å². The Kier molecular flexibility index (Phi) is 4.65. The van der Waals surface area contributed by atoms with Gasteiger partial charge in [0, 0.05) is 6.20 Å². The van der Waals surface area contributed by atoms with Crippen molar-refractivity contribution in [3.8, 4) is 0 Å². The monoisotopic (exact) mass is 233 g/mol. The Labute approximate surface area is 88.7 Å². The van der Waals surface area contributed by atoms with Gasteiger partial charge in [0.25, 0.3) is 0 Å². The van der Waals surface area contributed by atoms with E-state index in [9.17, 15) is 9.18 Å². The van der Waals surface area contributed by atoms with Gasteiger partial charge in [0.2, 0.25) is 0 Å². The molecule has 0 amide bonds. The summed E-state index contributed by atoms with van der Waals surface area (Å²) in [5, 5.41) is 0. The summed E-state index contributed by atoms with van der Waals surface area (Å²) < 4.78 is 18.8. The topological polar surface area (TPSA) is 70.1 Å². The summed E-state index contributed by atoms with van der Waals surface area (Å²) in [6.45, 7) is -0.512. The molecule has 7 heteroatoms. The fourth-order valence-corrected chi connectivity index (χ4v) is 1.35. The second-order valence-electron chi connectivity index (χ2n) is 2.90. The average molecular weight is 233 g/mol. The lowest BCUT2D eigenvalue weighted by Crippen LogP contribution is -2.30. The van der Waals surface area contributed by atoms with E-state index < -0.39 is 18.5 Å². The minimum Gasteiger partial charge on any atom is -0.383 e. The Balaban J connectivity index is 2.75.